The van der Waals surface area contributed by atoms with Crippen molar-refractivity contribution in [2.75, 3.05) is 5.43 Å². The van der Waals surface area contributed by atoms with E-state index < -0.39 is 0 Å². The van der Waals surface area contributed by atoms with Crippen molar-refractivity contribution in [2.45, 2.75) is 0 Å². The van der Waals surface area contributed by atoms with E-state index in [0.29, 0.717) is 0 Å². The zero-order valence-corrected chi connectivity index (χ0v) is 12.4. The van der Waals surface area contributed by atoms with E-state index in [0.717, 1.165) is 31.9 Å². The Labute approximate surface area is 131 Å². The van der Waals surface area contributed by atoms with E-state index in [1.54, 1.807) is 17.6 Å². The van der Waals surface area contributed by atoms with Crippen LogP contribution < -0.4 is 5.43 Å². The van der Waals surface area contributed by atoms with E-state index in [4.69, 9.17) is 0 Å². The number of rotatable bonds is 3. The Balaban J connectivity index is 1.55. The second kappa shape index (κ2) is 5.54. The number of para-hydroxylation sites is 2. The lowest BCUT2D eigenvalue weighted by Crippen LogP contribution is -1.93. The Morgan fingerprint density at radius 1 is 0.864 bits per heavy atom. The van der Waals surface area contributed by atoms with Gasteiger partial charge in [0.05, 0.1) is 21.9 Å². The number of nitrogens with one attached hydrogen (secondary N) is 1. The first-order valence-electron chi connectivity index (χ1n) is 6.89. The summed E-state index contributed by atoms with van der Waals surface area (Å²) < 4.78 is 1.16. The van der Waals surface area contributed by atoms with Gasteiger partial charge < -0.3 is 0 Å². The number of hydrazone groups is 1. The maximum atomic E-state index is 4.51. The number of benzene rings is 2. The summed E-state index contributed by atoms with van der Waals surface area (Å²) in [7, 11) is 0. The third-order valence-corrected chi connectivity index (χ3v) is 4.23. The van der Waals surface area contributed by atoms with Crippen LogP contribution in [0.2, 0.25) is 0 Å². The van der Waals surface area contributed by atoms with Crippen LogP contribution in [0.1, 0.15) is 5.01 Å². The smallest absolute Gasteiger partial charge is 0.146 e. The van der Waals surface area contributed by atoms with Crippen molar-refractivity contribution in [1.29, 1.82) is 0 Å². The van der Waals surface area contributed by atoms with Crippen LogP contribution in [0.25, 0.3) is 21.1 Å². The zero-order valence-electron chi connectivity index (χ0n) is 11.6. The first-order chi connectivity index (χ1) is 10.9. The molecule has 1 N–H and O–H groups in total. The summed E-state index contributed by atoms with van der Waals surface area (Å²) in [5.74, 6) is 0.719. The van der Waals surface area contributed by atoms with Gasteiger partial charge in [0.2, 0.25) is 0 Å². The molecule has 2 heterocycles. The molecule has 0 aliphatic rings. The molecule has 0 aliphatic carbocycles. The monoisotopic (exact) mass is 304 g/mol. The number of hydrogen-bond acceptors (Lipinski definition) is 5. The largest absolute Gasteiger partial charge is 0.261 e. The first-order valence-corrected chi connectivity index (χ1v) is 7.71. The number of hydrogen-bond donors (Lipinski definition) is 1. The van der Waals surface area contributed by atoms with Gasteiger partial charge in [0.15, 0.2) is 0 Å². The molecule has 4 rings (SSSR count). The number of pyridine rings is 1. The van der Waals surface area contributed by atoms with Gasteiger partial charge in [-0.1, -0.05) is 30.3 Å². The zero-order chi connectivity index (χ0) is 14.8. The fourth-order valence-electron chi connectivity index (χ4n) is 2.23. The summed E-state index contributed by atoms with van der Waals surface area (Å²) in [5.41, 5.74) is 4.90. The highest BCUT2D eigenvalue weighted by molar-refractivity contribution is 7.20. The lowest BCUT2D eigenvalue weighted by atomic mass is 10.2. The molecule has 0 radical (unpaired) electrons. The van der Waals surface area contributed by atoms with Gasteiger partial charge in [-0.2, -0.15) is 5.10 Å². The molecule has 106 valence electrons. The quantitative estimate of drug-likeness (QED) is 0.454. The Morgan fingerprint density at radius 2 is 1.68 bits per heavy atom. The second-order valence-corrected chi connectivity index (χ2v) is 5.84. The molecule has 0 amide bonds. The van der Waals surface area contributed by atoms with Gasteiger partial charge in [-0.25, -0.2) is 9.97 Å². The lowest BCUT2D eigenvalue weighted by Gasteiger charge is -2.01. The molecule has 2 aromatic heterocycles. The van der Waals surface area contributed by atoms with Crippen molar-refractivity contribution in [1.82, 2.24) is 9.97 Å². The topological polar surface area (TPSA) is 50.2 Å². The van der Waals surface area contributed by atoms with Crippen LogP contribution in [0.4, 0.5) is 5.82 Å². The molecule has 0 saturated carbocycles. The van der Waals surface area contributed by atoms with Crippen LogP contribution in [0.5, 0.6) is 0 Å². The number of aromatic nitrogens is 2. The number of fused-ring (bicyclic) bond motifs is 2. The Bertz CT molecular complexity index is 941. The minimum atomic E-state index is 0.719. The van der Waals surface area contributed by atoms with E-state index in [1.807, 2.05) is 54.6 Å². The minimum absolute atomic E-state index is 0.719. The lowest BCUT2D eigenvalue weighted by molar-refractivity contribution is 1.26. The SMILES string of the molecule is C(=NNc1ccc2ccccc2n1)c1nc2ccccc2s1. The number of anilines is 1. The summed E-state index contributed by atoms with van der Waals surface area (Å²) in [4.78, 5) is 9.01. The highest BCUT2D eigenvalue weighted by Crippen LogP contribution is 2.20. The van der Waals surface area contributed by atoms with E-state index in [-0.39, 0.29) is 0 Å². The van der Waals surface area contributed by atoms with Crippen LogP contribution in [0.3, 0.4) is 0 Å². The van der Waals surface area contributed by atoms with E-state index >= 15 is 0 Å². The summed E-state index contributed by atoms with van der Waals surface area (Å²) in [6, 6.07) is 20.0. The second-order valence-electron chi connectivity index (χ2n) is 4.78. The van der Waals surface area contributed by atoms with Crippen LogP contribution in [-0.2, 0) is 0 Å². The fraction of sp³-hybridized carbons (Fsp3) is 0. The molecular formula is C17H12N4S. The Kier molecular flexibility index (Phi) is 3.25. The van der Waals surface area contributed by atoms with E-state index in [9.17, 15) is 0 Å². The van der Waals surface area contributed by atoms with Crippen molar-refractivity contribution in [2.24, 2.45) is 5.10 Å². The highest BCUT2D eigenvalue weighted by atomic mass is 32.1. The van der Waals surface area contributed by atoms with E-state index in [1.165, 1.54) is 0 Å². The van der Waals surface area contributed by atoms with Crippen LogP contribution in [-0.4, -0.2) is 16.2 Å². The van der Waals surface area contributed by atoms with Gasteiger partial charge in [0.1, 0.15) is 10.8 Å². The van der Waals surface area contributed by atoms with Gasteiger partial charge in [0.25, 0.3) is 0 Å². The predicted molar refractivity (Wildman–Crippen MR) is 92.6 cm³/mol. The standard InChI is InChI=1S/C17H12N4S/c1-2-6-13-12(5-1)9-10-16(19-13)21-18-11-17-20-14-7-3-4-8-15(14)22-17/h1-11H,(H,19,21). The van der Waals surface area contributed by atoms with Crippen molar-refractivity contribution in [3.8, 4) is 0 Å². The summed E-state index contributed by atoms with van der Waals surface area (Å²) >= 11 is 1.61. The molecule has 0 bridgehead atoms. The van der Waals surface area contributed by atoms with Crippen molar-refractivity contribution < 1.29 is 0 Å². The van der Waals surface area contributed by atoms with Gasteiger partial charge in [-0.05, 0) is 30.3 Å². The molecule has 0 fully saturated rings. The number of thiazole rings is 1. The van der Waals surface area contributed by atoms with Crippen LogP contribution >= 0.6 is 11.3 Å². The molecule has 4 nitrogen and oxygen atoms in total. The molecule has 2 aromatic carbocycles. The average molecular weight is 304 g/mol. The molecule has 0 atom stereocenters. The van der Waals surface area contributed by atoms with Crippen molar-refractivity contribution in [3.63, 3.8) is 0 Å². The fourth-order valence-corrected chi connectivity index (χ4v) is 3.07. The highest BCUT2D eigenvalue weighted by Gasteiger charge is 2.00. The van der Waals surface area contributed by atoms with Crippen LogP contribution in [0, 0.1) is 0 Å². The predicted octanol–water partition coefficient (Wildman–Crippen LogP) is 4.29. The van der Waals surface area contributed by atoms with E-state index in [2.05, 4.69) is 26.6 Å². The molecule has 22 heavy (non-hydrogen) atoms. The molecular weight excluding hydrogens is 292 g/mol. The Morgan fingerprint density at radius 3 is 2.59 bits per heavy atom. The van der Waals surface area contributed by atoms with Gasteiger partial charge in [-0.3, -0.25) is 5.43 Å². The maximum Gasteiger partial charge on any atom is 0.146 e. The van der Waals surface area contributed by atoms with Crippen molar-refractivity contribution in [3.05, 3.63) is 65.7 Å². The van der Waals surface area contributed by atoms with Crippen LogP contribution in [0.15, 0.2) is 65.8 Å². The average Bonchev–Trinajstić information content (AvgIpc) is 2.97. The molecule has 5 heteroatoms. The maximum absolute atomic E-state index is 4.51. The number of nitrogens with zero attached hydrogens (tertiary/aromatic N) is 3. The first kappa shape index (κ1) is 12.9. The molecule has 0 aliphatic heterocycles. The van der Waals surface area contributed by atoms with Crippen molar-refractivity contribution >= 4 is 44.5 Å². The molecule has 0 saturated heterocycles. The minimum Gasteiger partial charge on any atom is -0.261 e. The Hall–Kier alpha value is -2.79. The van der Waals surface area contributed by atoms with Gasteiger partial charge in [-0.15, -0.1) is 11.3 Å². The van der Waals surface area contributed by atoms with Gasteiger partial charge >= 0.3 is 0 Å². The summed E-state index contributed by atoms with van der Waals surface area (Å²) in [6.45, 7) is 0. The molecule has 0 unspecified atom stereocenters. The third kappa shape index (κ3) is 2.54. The van der Waals surface area contributed by atoms with Gasteiger partial charge in [0, 0.05) is 5.39 Å². The molecule has 4 aromatic rings. The normalized spacial score (nSPS) is 11.5. The molecule has 0 spiro atoms. The third-order valence-electron chi connectivity index (χ3n) is 3.26. The summed E-state index contributed by atoms with van der Waals surface area (Å²) in [5, 5.41) is 6.21. The summed E-state index contributed by atoms with van der Waals surface area (Å²) in [6.07, 6.45) is 1.72.